The third-order valence-electron chi connectivity index (χ3n) is 1.58. The van der Waals surface area contributed by atoms with Gasteiger partial charge < -0.3 is 9.84 Å². The van der Waals surface area contributed by atoms with Gasteiger partial charge in [-0.05, 0) is 13.0 Å². The number of halogens is 1. The highest BCUT2D eigenvalue weighted by atomic mass is 35.5. The van der Waals surface area contributed by atoms with Crippen LogP contribution in [-0.2, 0) is 11.3 Å². The summed E-state index contributed by atoms with van der Waals surface area (Å²) in [6.07, 6.45) is 1.33. The first-order chi connectivity index (χ1) is 6.69. The molecule has 1 rings (SSSR count). The van der Waals surface area contributed by atoms with Gasteiger partial charge in [0.1, 0.15) is 0 Å². The van der Waals surface area contributed by atoms with Crippen LogP contribution in [0.1, 0.15) is 23.0 Å². The fraction of sp³-hybridized carbons (Fsp3) is 0.333. The van der Waals surface area contributed by atoms with E-state index in [9.17, 15) is 4.79 Å². The largest absolute Gasteiger partial charge is 0.462 e. The summed E-state index contributed by atoms with van der Waals surface area (Å²) >= 11 is 5.74. The first-order valence-corrected chi connectivity index (χ1v) is 4.49. The highest BCUT2D eigenvalue weighted by molar-refractivity contribution is 6.31. The second kappa shape index (κ2) is 4.93. The van der Waals surface area contributed by atoms with Gasteiger partial charge in [0, 0.05) is 6.20 Å². The number of esters is 1. The lowest BCUT2D eigenvalue weighted by Gasteiger charge is -2.03. The highest BCUT2D eigenvalue weighted by Gasteiger charge is 2.09. The molecular weight excluding hydrogens is 206 g/mol. The number of hydrogen-bond donors (Lipinski definition) is 1. The van der Waals surface area contributed by atoms with Crippen LogP contribution in [-0.4, -0.2) is 22.7 Å². The second-order valence-electron chi connectivity index (χ2n) is 2.53. The van der Waals surface area contributed by atoms with E-state index in [4.69, 9.17) is 21.4 Å². The fourth-order valence-corrected chi connectivity index (χ4v) is 1.13. The van der Waals surface area contributed by atoms with Gasteiger partial charge in [0.15, 0.2) is 0 Å². The number of aromatic nitrogens is 1. The zero-order valence-electron chi connectivity index (χ0n) is 7.66. The maximum Gasteiger partial charge on any atom is 0.339 e. The summed E-state index contributed by atoms with van der Waals surface area (Å²) in [4.78, 5) is 15.0. The predicted molar refractivity (Wildman–Crippen MR) is 51.1 cm³/mol. The van der Waals surface area contributed by atoms with E-state index >= 15 is 0 Å². The number of aliphatic hydroxyl groups is 1. The maximum absolute atomic E-state index is 11.2. The van der Waals surface area contributed by atoms with E-state index in [1.165, 1.54) is 12.3 Å². The van der Waals surface area contributed by atoms with E-state index in [2.05, 4.69) is 4.98 Å². The third-order valence-corrected chi connectivity index (χ3v) is 1.91. The van der Waals surface area contributed by atoms with Gasteiger partial charge in [0.2, 0.25) is 0 Å². The van der Waals surface area contributed by atoms with Crippen LogP contribution < -0.4 is 0 Å². The minimum atomic E-state index is -0.466. The standard InChI is InChI=1S/C9H10ClNO3/c1-2-14-9(13)6-3-7(10)8(5-12)11-4-6/h3-4,12H,2,5H2,1H3. The smallest absolute Gasteiger partial charge is 0.339 e. The predicted octanol–water partition coefficient (Wildman–Crippen LogP) is 1.40. The van der Waals surface area contributed by atoms with Crippen LogP contribution in [0.3, 0.4) is 0 Å². The number of carbonyl (C=O) groups excluding carboxylic acids is 1. The van der Waals surface area contributed by atoms with Crippen LogP contribution in [0.15, 0.2) is 12.3 Å². The molecule has 0 bridgehead atoms. The van der Waals surface area contributed by atoms with Gasteiger partial charge in [-0.3, -0.25) is 4.98 Å². The molecule has 14 heavy (non-hydrogen) atoms. The average Bonchev–Trinajstić information content (AvgIpc) is 2.18. The first kappa shape index (κ1) is 10.9. The number of hydrogen-bond acceptors (Lipinski definition) is 4. The number of carbonyl (C=O) groups is 1. The summed E-state index contributed by atoms with van der Waals surface area (Å²) in [5.74, 6) is -0.466. The van der Waals surface area contributed by atoms with Crippen LogP contribution in [0.4, 0.5) is 0 Å². The molecule has 1 heterocycles. The van der Waals surface area contributed by atoms with Crippen LogP contribution >= 0.6 is 11.6 Å². The summed E-state index contributed by atoms with van der Waals surface area (Å²) in [7, 11) is 0. The van der Waals surface area contributed by atoms with E-state index in [1.807, 2.05) is 0 Å². The van der Waals surface area contributed by atoms with E-state index in [0.717, 1.165) is 0 Å². The molecular formula is C9H10ClNO3. The molecule has 5 heteroatoms. The lowest BCUT2D eigenvalue weighted by Crippen LogP contribution is -2.06. The number of pyridine rings is 1. The molecule has 1 aromatic heterocycles. The molecule has 1 N–H and O–H groups in total. The molecule has 1 aromatic rings. The van der Waals surface area contributed by atoms with Crippen molar-refractivity contribution in [1.29, 1.82) is 0 Å². The van der Waals surface area contributed by atoms with Crippen molar-refractivity contribution in [3.8, 4) is 0 Å². The number of rotatable bonds is 3. The van der Waals surface area contributed by atoms with E-state index in [1.54, 1.807) is 6.92 Å². The van der Waals surface area contributed by atoms with Crippen molar-refractivity contribution >= 4 is 17.6 Å². The third kappa shape index (κ3) is 2.43. The van der Waals surface area contributed by atoms with E-state index in [-0.39, 0.29) is 17.2 Å². The normalized spacial score (nSPS) is 9.93. The molecule has 0 amide bonds. The van der Waals surface area contributed by atoms with Gasteiger partial charge >= 0.3 is 5.97 Å². The molecule has 0 saturated carbocycles. The zero-order valence-corrected chi connectivity index (χ0v) is 8.41. The molecule has 0 aliphatic carbocycles. The summed E-state index contributed by atoms with van der Waals surface area (Å²) in [6, 6.07) is 1.43. The Hall–Kier alpha value is -1.13. The number of aliphatic hydroxyl groups excluding tert-OH is 1. The van der Waals surface area contributed by atoms with Gasteiger partial charge in [-0.2, -0.15) is 0 Å². The minimum absolute atomic E-state index is 0.248. The summed E-state index contributed by atoms with van der Waals surface area (Å²) in [5.41, 5.74) is 0.633. The Morgan fingerprint density at radius 2 is 2.43 bits per heavy atom. The Balaban J connectivity index is 2.91. The van der Waals surface area contributed by atoms with Crippen molar-refractivity contribution in [2.45, 2.75) is 13.5 Å². The van der Waals surface area contributed by atoms with Crippen LogP contribution in [0, 0.1) is 0 Å². The Kier molecular flexibility index (Phi) is 3.85. The highest BCUT2D eigenvalue weighted by Crippen LogP contribution is 2.15. The zero-order chi connectivity index (χ0) is 10.6. The molecule has 0 spiro atoms. The Morgan fingerprint density at radius 1 is 1.71 bits per heavy atom. The molecule has 4 nitrogen and oxygen atoms in total. The fourth-order valence-electron chi connectivity index (χ4n) is 0.909. The summed E-state index contributed by atoms with van der Waals surface area (Å²) in [6.45, 7) is 1.77. The van der Waals surface area contributed by atoms with Gasteiger partial charge in [-0.15, -0.1) is 0 Å². The second-order valence-corrected chi connectivity index (χ2v) is 2.94. The molecule has 76 valence electrons. The maximum atomic E-state index is 11.2. The number of nitrogens with zero attached hydrogens (tertiary/aromatic N) is 1. The van der Waals surface area contributed by atoms with Crippen molar-refractivity contribution in [3.05, 3.63) is 28.5 Å². The Morgan fingerprint density at radius 3 is 2.93 bits per heavy atom. The van der Waals surface area contributed by atoms with Gasteiger partial charge in [-0.25, -0.2) is 4.79 Å². The summed E-state index contributed by atoms with van der Waals surface area (Å²) < 4.78 is 4.76. The van der Waals surface area contributed by atoms with Crippen molar-refractivity contribution in [1.82, 2.24) is 4.98 Å². The lowest BCUT2D eigenvalue weighted by molar-refractivity contribution is 0.0525. The van der Waals surface area contributed by atoms with Crippen LogP contribution in [0.5, 0.6) is 0 Å². The SMILES string of the molecule is CCOC(=O)c1cnc(CO)c(Cl)c1. The van der Waals surface area contributed by atoms with Crippen molar-refractivity contribution in [2.24, 2.45) is 0 Å². The molecule has 0 fully saturated rings. The first-order valence-electron chi connectivity index (χ1n) is 4.11. The van der Waals surface area contributed by atoms with Gasteiger partial charge in [0.25, 0.3) is 0 Å². The molecule has 0 aliphatic rings. The molecule has 0 atom stereocenters. The van der Waals surface area contributed by atoms with Crippen LogP contribution in [0.2, 0.25) is 5.02 Å². The molecule has 0 radical (unpaired) electrons. The number of ether oxygens (including phenoxy) is 1. The van der Waals surface area contributed by atoms with Gasteiger partial charge in [-0.1, -0.05) is 11.6 Å². The monoisotopic (exact) mass is 215 g/mol. The van der Waals surface area contributed by atoms with E-state index in [0.29, 0.717) is 12.3 Å². The van der Waals surface area contributed by atoms with Crippen LogP contribution in [0.25, 0.3) is 0 Å². The van der Waals surface area contributed by atoms with Crippen molar-refractivity contribution < 1.29 is 14.6 Å². The Bertz CT molecular complexity index is 341. The average molecular weight is 216 g/mol. The van der Waals surface area contributed by atoms with Crippen molar-refractivity contribution in [2.75, 3.05) is 6.61 Å². The lowest BCUT2D eigenvalue weighted by atomic mass is 10.2. The summed E-state index contributed by atoms with van der Waals surface area (Å²) in [5, 5.41) is 9.05. The van der Waals surface area contributed by atoms with E-state index < -0.39 is 5.97 Å². The Labute approximate surface area is 86.5 Å². The minimum Gasteiger partial charge on any atom is -0.462 e. The molecule has 0 aliphatic heterocycles. The molecule has 0 saturated heterocycles. The molecule has 0 unspecified atom stereocenters. The van der Waals surface area contributed by atoms with Crippen molar-refractivity contribution in [3.63, 3.8) is 0 Å². The topological polar surface area (TPSA) is 59.4 Å². The van der Waals surface area contributed by atoms with Gasteiger partial charge in [0.05, 0.1) is 29.5 Å². The molecule has 0 aromatic carbocycles. The quantitative estimate of drug-likeness (QED) is 0.775.